The molecular formula is C14H18O2. The van der Waals surface area contributed by atoms with Crippen molar-refractivity contribution in [3.05, 3.63) is 35.9 Å². The average Bonchev–Trinajstić information content (AvgIpc) is 2.74. The van der Waals surface area contributed by atoms with E-state index < -0.39 is 0 Å². The van der Waals surface area contributed by atoms with Crippen LogP contribution in [-0.2, 0) is 15.9 Å². The summed E-state index contributed by atoms with van der Waals surface area (Å²) in [4.78, 5) is 0. The molecule has 3 unspecified atom stereocenters. The van der Waals surface area contributed by atoms with Crippen molar-refractivity contribution >= 4 is 0 Å². The molecule has 2 fully saturated rings. The second-order valence-corrected chi connectivity index (χ2v) is 4.83. The zero-order valence-electron chi connectivity index (χ0n) is 9.47. The summed E-state index contributed by atoms with van der Waals surface area (Å²) in [6.45, 7) is 1.74. The van der Waals surface area contributed by atoms with E-state index in [4.69, 9.17) is 9.47 Å². The van der Waals surface area contributed by atoms with E-state index in [0.29, 0.717) is 11.8 Å². The molecule has 86 valence electrons. The normalized spacial score (nSPS) is 33.6. The molecule has 3 rings (SSSR count). The van der Waals surface area contributed by atoms with E-state index in [0.717, 1.165) is 19.6 Å². The van der Waals surface area contributed by atoms with E-state index in [1.54, 1.807) is 0 Å². The fraction of sp³-hybridized carbons (Fsp3) is 0.571. The molecular weight excluding hydrogens is 200 g/mol. The Labute approximate surface area is 96.6 Å². The molecule has 3 atom stereocenters. The SMILES string of the molecule is c1ccc(CC2COC3OCCCC23)cc1. The van der Waals surface area contributed by atoms with Crippen LogP contribution in [-0.4, -0.2) is 19.5 Å². The fourth-order valence-corrected chi connectivity index (χ4v) is 2.88. The first-order chi connectivity index (χ1) is 7.93. The average molecular weight is 218 g/mol. The standard InChI is InChI=1S/C14H18O2/c1-2-5-11(6-3-1)9-12-10-16-14-13(12)7-4-8-15-14/h1-3,5-6,12-14H,4,7-10H2. The summed E-state index contributed by atoms with van der Waals surface area (Å²) in [5.41, 5.74) is 1.42. The molecule has 16 heavy (non-hydrogen) atoms. The van der Waals surface area contributed by atoms with Gasteiger partial charge in [-0.05, 0) is 30.7 Å². The van der Waals surface area contributed by atoms with Crippen molar-refractivity contribution in [3.8, 4) is 0 Å². The number of hydrogen-bond donors (Lipinski definition) is 0. The van der Waals surface area contributed by atoms with Gasteiger partial charge in [0, 0.05) is 12.5 Å². The molecule has 0 aliphatic carbocycles. The van der Waals surface area contributed by atoms with Gasteiger partial charge in [-0.15, -0.1) is 0 Å². The summed E-state index contributed by atoms with van der Waals surface area (Å²) in [6, 6.07) is 10.7. The van der Waals surface area contributed by atoms with Crippen molar-refractivity contribution < 1.29 is 9.47 Å². The van der Waals surface area contributed by atoms with Crippen LogP contribution in [0.15, 0.2) is 30.3 Å². The van der Waals surface area contributed by atoms with Gasteiger partial charge in [0.1, 0.15) is 0 Å². The van der Waals surface area contributed by atoms with Crippen LogP contribution >= 0.6 is 0 Å². The van der Waals surface area contributed by atoms with E-state index in [2.05, 4.69) is 30.3 Å². The number of hydrogen-bond acceptors (Lipinski definition) is 2. The molecule has 0 saturated carbocycles. The Balaban J connectivity index is 1.67. The third-order valence-corrected chi connectivity index (χ3v) is 3.73. The first-order valence-electron chi connectivity index (χ1n) is 6.20. The number of fused-ring (bicyclic) bond motifs is 1. The number of ether oxygens (including phenoxy) is 2. The van der Waals surface area contributed by atoms with Crippen molar-refractivity contribution in [2.24, 2.45) is 11.8 Å². The van der Waals surface area contributed by atoms with Crippen LogP contribution in [0.1, 0.15) is 18.4 Å². The van der Waals surface area contributed by atoms with Crippen molar-refractivity contribution in [3.63, 3.8) is 0 Å². The lowest BCUT2D eigenvalue weighted by Crippen LogP contribution is -2.29. The van der Waals surface area contributed by atoms with Gasteiger partial charge in [0.15, 0.2) is 6.29 Å². The summed E-state index contributed by atoms with van der Waals surface area (Å²) in [5.74, 6) is 1.27. The summed E-state index contributed by atoms with van der Waals surface area (Å²) < 4.78 is 11.4. The van der Waals surface area contributed by atoms with Gasteiger partial charge in [-0.3, -0.25) is 0 Å². The second kappa shape index (κ2) is 4.56. The highest BCUT2D eigenvalue weighted by molar-refractivity contribution is 5.15. The maximum absolute atomic E-state index is 5.72. The molecule has 2 nitrogen and oxygen atoms in total. The minimum absolute atomic E-state index is 0.0856. The van der Waals surface area contributed by atoms with Gasteiger partial charge in [-0.1, -0.05) is 30.3 Å². The number of benzene rings is 1. The lowest BCUT2D eigenvalue weighted by molar-refractivity contribution is -0.151. The molecule has 1 aromatic carbocycles. The molecule has 0 N–H and O–H groups in total. The highest BCUT2D eigenvalue weighted by Gasteiger charge is 2.39. The lowest BCUT2D eigenvalue weighted by Gasteiger charge is -2.27. The Morgan fingerprint density at radius 3 is 2.88 bits per heavy atom. The highest BCUT2D eigenvalue weighted by atomic mass is 16.7. The van der Waals surface area contributed by atoms with Crippen LogP contribution < -0.4 is 0 Å². The minimum atomic E-state index is 0.0856. The van der Waals surface area contributed by atoms with Gasteiger partial charge in [0.2, 0.25) is 0 Å². The Morgan fingerprint density at radius 2 is 2.00 bits per heavy atom. The first-order valence-corrected chi connectivity index (χ1v) is 6.20. The Bertz CT molecular complexity index is 336. The molecule has 2 aliphatic heterocycles. The van der Waals surface area contributed by atoms with Gasteiger partial charge >= 0.3 is 0 Å². The molecule has 0 spiro atoms. The van der Waals surface area contributed by atoms with Gasteiger partial charge < -0.3 is 9.47 Å². The maximum Gasteiger partial charge on any atom is 0.160 e. The van der Waals surface area contributed by atoms with Crippen molar-refractivity contribution in [1.29, 1.82) is 0 Å². The molecule has 0 amide bonds. The molecule has 0 radical (unpaired) electrons. The molecule has 0 aromatic heterocycles. The fourth-order valence-electron chi connectivity index (χ4n) is 2.88. The second-order valence-electron chi connectivity index (χ2n) is 4.83. The van der Waals surface area contributed by atoms with Crippen LogP contribution in [0.4, 0.5) is 0 Å². The third-order valence-electron chi connectivity index (χ3n) is 3.73. The topological polar surface area (TPSA) is 18.5 Å². The summed E-state index contributed by atoms with van der Waals surface area (Å²) in [6.07, 6.45) is 3.67. The highest BCUT2D eigenvalue weighted by Crippen LogP contribution is 2.36. The molecule has 2 heterocycles. The zero-order chi connectivity index (χ0) is 10.8. The molecule has 2 heteroatoms. The summed E-state index contributed by atoms with van der Waals surface area (Å²) in [5, 5.41) is 0. The predicted molar refractivity (Wildman–Crippen MR) is 62.1 cm³/mol. The Morgan fingerprint density at radius 1 is 1.12 bits per heavy atom. The van der Waals surface area contributed by atoms with E-state index in [9.17, 15) is 0 Å². The Kier molecular flexibility index (Phi) is 2.94. The van der Waals surface area contributed by atoms with Crippen molar-refractivity contribution in [2.75, 3.05) is 13.2 Å². The molecule has 1 aromatic rings. The van der Waals surface area contributed by atoms with Crippen LogP contribution in [0.2, 0.25) is 0 Å². The minimum Gasteiger partial charge on any atom is -0.352 e. The predicted octanol–water partition coefficient (Wildman–Crippen LogP) is 2.63. The van der Waals surface area contributed by atoms with Crippen molar-refractivity contribution in [2.45, 2.75) is 25.6 Å². The van der Waals surface area contributed by atoms with Crippen molar-refractivity contribution in [1.82, 2.24) is 0 Å². The van der Waals surface area contributed by atoms with Crippen LogP contribution in [0, 0.1) is 11.8 Å². The van der Waals surface area contributed by atoms with Crippen LogP contribution in [0.3, 0.4) is 0 Å². The summed E-state index contributed by atoms with van der Waals surface area (Å²) in [7, 11) is 0. The molecule has 0 bridgehead atoms. The van der Waals surface area contributed by atoms with Crippen LogP contribution in [0.5, 0.6) is 0 Å². The Hall–Kier alpha value is -0.860. The van der Waals surface area contributed by atoms with Gasteiger partial charge in [0.25, 0.3) is 0 Å². The summed E-state index contributed by atoms with van der Waals surface area (Å²) >= 11 is 0. The van der Waals surface area contributed by atoms with E-state index in [1.807, 2.05) is 0 Å². The largest absolute Gasteiger partial charge is 0.352 e. The monoisotopic (exact) mass is 218 g/mol. The zero-order valence-corrected chi connectivity index (χ0v) is 9.47. The quantitative estimate of drug-likeness (QED) is 0.759. The van der Waals surface area contributed by atoms with Crippen LogP contribution in [0.25, 0.3) is 0 Å². The van der Waals surface area contributed by atoms with E-state index in [-0.39, 0.29) is 6.29 Å². The van der Waals surface area contributed by atoms with Gasteiger partial charge in [-0.25, -0.2) is 0 Å². The van der Waals surface area contributed by atoms with Gasteiger partial charge in [-0.2, -0.15) is 0 Å². The van der Waals surface area contributed by atoms with E-state index in [1.165, 1.54) is 18.4 Å². The smallest absolute Gasteiger partial charge is 0.160 e. The molecule has 2 saturated heterocycles. The third kappa shape index (κ3) is 2.00. The van der Waals surface area contributed by atoms with Gasteiger partial charge in [0.05, 0.1) is 6.61 Å². The molecule has 2 aliphatic rings. The lowest BCUT2D eigenvalue weighted by atomic mass is 9.85. The maximum atomic E-state index is 5.72. The van der Waals surface area contributed by atoms with E-state index >= 15 is 0 Å². The first kappa shape index (κ1) is 10.3. The number of rotatable bonds is 2.